The van der Waals surface area contributed by atoms with Crippen molar-refractivity contribution >= 4 is 11.8 Å². The molecule has 126 valence electrons. The molecule has 1 amide bonds. The van der Waals surface area contributed by atoms with Crippen molar-refractivity contribution in [1.29, 1.82) is 0 Å². The Labute approximate surface area is 133 Å². The molecule has 1 saturated heterocycles. The van der Waals surface area contributed by atoms with E-state index in [4.69, 9.17) is 9.84 Å². The second kappa shape index (κ2) is 7.23. The largest absolute Gasteiger partial charge is 0.476 e. The van der Waals surface area contributed by atoms with Crippen molar-refractivity contribution in [3.05, 3.63) is 28.4 Å². The number of piperazine rings is 1. The van der Waals surface area contributed by atoms with Gasteiger partial charge in [-0.1, -0.05) is 0 Å². The Bertz CT molecular complexity index is 553. The summed E-state index contributed by atoms with van der Waals surface area (Å²) < 4.78 is 5.51. The average Bonchev–Trinajstić information content (AvgIpc) is 2.50. The molecule has 0 bridgehead atoms. The van der Waals surface area contributed by atoms with Gasteiger partial charge in [0.15, 0.2) is 0 Å². The molecule has 0 saturated carbocycles. The van der Waals surface area contributed by atoms with Crippen LogP contribution in [-0.2, 0) is 0 Å². The molecule has 0 aliphatic carbocycles. The number of nitrogens with zero attached hydrogens (tertiary/aromatic N) is 4. The van der Waals surface area contributed by atoms with Gasteiger partial charge in [-0.3, -0.25) is 15.0 Å². The molecule has 1 unspecified atom stereocenters. The number of amides is 1. The lowest BCUT2D eigenvalue weighted by atomic mass is 10.1. The number of ether oxygens (including phenoxy) is 1. The van der Waals surface area contributed by atoms with E-state index >= 15 is 0 Å². The standard InChI is InChI=1S/C14H20N4O5/c1-10-8-16(14(19)20)9-11(2)17(10)5-6-23-13-4-3-12(7-15-13)18(21)22/h3-4,7,10-11H,5-6,8-9H2,1-2H3,(H,19,20)/t10-,11?/m1/s1. The second-order valence-electron chi connectivity index (χ2n) is 5.58. The maximum absolute atomic E-state index is 11.1. The molecule has 0 spiro atoms. The van der Waals surface area contributed by atoms with Gasteiger partial charge in [-0.2, -0.15) is 0 Å². The third-order valence-corrected chi connectivity index (χ3v) is 3.90. The van der Waals surface area contributed by atoms with Gasteiger partial charge in [0.2, 0.25) is 5.88 Å². The van der Waals surface area contributed by atoms with Crippen LogP contribution in [0.15, 0.2) is 18.3 Å². The Kier molecular flexibility index (Phi) is 5.32. The van der Waals surface area contributed by atoms with Crippen molar-refractivity contribution < 1.29 is 19.6 Å². The molecule has 1 aliphatic rings. The van der Waals surface area contributed by atoms with Gasteiger partial charge < -0.3 is 14.7 Å². The van der Waals surface area contributed by atoms with E-state index < -0.39 is 11.0 Å². The van der Waals surface area contributed by atoms with Crippen molar-refractivity contribution in [2.24, 2.45) is 0 Å². The van der Waals surface area contributed by atoms with E-state index in [1.165, 1.54) is 17.0 Å². The smallest absolute Gasteiger partial charge is 0.407 e. The molecule has 2 heterocycles. The number of hydrogen-bond donors (Lipinski definition) is 1. The number of pyridine rings is 1. The molecule has 1 fully saturated rings. The van der Waals surface area contributed by atoms with E-state index in [0.29, 0.717) is 32.1 Å². The molecule has 1 aromatic heterocycles. The van der Waals surface area contributed by atoms with Crippen LogP contribution in [0.4, 0.5) is 10.5 Å². The van der Waals surface area contributed by atoms with Gasteiger partial charge in [0.05, 0.1) is 4.92 Å². The predicted molar refractivity (Wildman–Crippen MR) is 81.6 cm³/mol. The minimum absolute atomic E-state index is 0.0793. The number of carboxylic acid groups (broad SMARTS) is 1. The fraction of sp³-hybridized carbons (Fsp3) is 0.571. The van der Waals surface area contributed by atoms with Crippen LogP contribution >= 0.6 is 0 Å². The lowest BCUT2D eigenvalue weighted by molar-refractivity contribution is -0.385. The van der Waals surface area contributed by atoms with Crippen LogP contribution in [-0.4, -0.2) is 69.2 Å². The van der Waals surface area contributed by atoms with E-state index in [2.05, 4.69) is 9.88 Å². The average molecular weight is 324 g/mol. The third kappa shape index (κ3) is 4.28. The normalized spacial score (nSPS) is 21.9. The highest BCUT2D eigenvalue weighted by Crippen LogP contribution is 2.17. The summed E-state index contributed by atoms with van der Waals surface area (Å²) in [5.74, 6) is 0.333. The SMILES string of the molecule is CC1CN(C(=O)O)C[C@@H](C)N1CCOc1ccc([N+](=O)[O-])cn1. The Balaban J connectivity index is 1.83. The highest BCUT2D eigenvalue weighted by atomic mass is 16.6. The van der Waals surface area contributed by atoms with E-state index in [1.807, 2.05) is 13.8 Å². The number of aromatic nitrogens is 1. The lowest BCUT2D eigenvalue weighted by Crippen LogP contribution is -2.58. The van der Waals surface area contributed by atoms with Crippen molar-refractivity contribution in [1.82, 2.24) is 14.8 Å². The summed E-state index contributed by atoms with van der Waals surface area (Å²) in [4.78, 5) is 28.6. The summed E-state index contributed by atoms with van der Waals surface area (Å²) in [5.41, 5.74) is -0.0793. The topological polar surface area (TPSA) is 109 Å². The molecular weight excluding hydrogens is 304 g/mol. The van der Waals surface area contributed by atoms with Crippen molar-refractivity contribution in [3.8, 4) is 5.88 Å². The monoisotopic (exact) mass is 324 g/mol. The van der Waals surface area contributed by atoms with Gasteiger partial charge in [-0.05, 0) is 13.8 Å². The fourth-order valence-electron chi connectivity index (χ4n) is 2.78. The predicted octanol–water partition coefficient (Wildman–Crippen LogP) is 1.44. The summed E-state index contributed by atoms with van der Waals surface area (Å²) in [6.07, 6.45) is 0.265. The maximum atomic E-state index is 11.1. The van der Waals surface area contributed by atoms with Gasteiger partial charge in [-0.25, -0.2) is 9.78 Å². The molecule has 2 atom stereocenters. The van der Waals surface area contributed by atoms with E-state index in [0.717, 1.165) is 6.20 Å². The Morgan fingerprint density at radius 1 is 1.43 bits per heavy atom. The van der Waals surface area contributed by atoms with Crippen molar-refractivity contribution in [3.63, 3.8) is 0 Å². The zero-order chi connectivity index (χ0) is 17.0. The van der Waals surface area contributed by atoms with E-state index in [-0.39, 0.29) is 17.8 Å². The molecule has 9 nitrogen and oxygen atoms in total. The summed E-state index contributed by atoms with van der Waals surface area (Å²) in [6.45, 7) is 5.91. The summed E-state index contributed by atoms with van der Waals surface area (Å²) >= 11 is 0. The molecule has 23 heavy (non-hydrogen) atoms. The summed E-state index contributed by atoms with van der Waals surface area (Å²) in [7, 11) is 0. The first kappa shape index (κ1) is 16.9. The van der Waals surface area contributed by atoms with Crippen LogP contribution in [0.1, 0.15) is 13.8 Å². The highest BCUT2D eigenvalue weighted by Gasteiger charge is 2.31. The van der Waals surface area contributed by atoms with Gasteiger partial charge in [-0.15, -0.1) is 0 Å². The molecule has 0 aromatic carbocycles. The van der Waals surface area contributed by atoms with Gasteiger partial charge in [0, 0.05) is 43.9 Å². The Morgan fingerprint density at radius 2 is 2.09 bits per heavy atom. The van der Waals surface area contributed by atoms with Crippen LogP contribution in [0.2, 0.25) is 0 Å². The van der Waals surface area contributed by atoms with E-state index in [9.17, 15) is 14.9 Å². The van der Waals surface area contributed by atoms with Gasteiger partial charge >= 0.3 is 6.09 Å². The molecule has 1 aliphatic heterocycles. The van der Waals surface area contributed by atoms with Crippen LogP contribution in [0.25, 0.3) is 0 Å². The summed E-state index contributed by atoms with van der Waals surface area (Å²) in [5, 5.41) is 19.6. The minimum atomic E-state index is -0.894. The number of hydrogen-bond acceptors (Lipinski definition) is 6. The third-order valence-electron chi connectivity index (χ3n) is 3.90. The summed E-state index contributed by atoms with van der Waals surface area (Å²) in [6, 6.07) is 3.01. The van der Waals surface area contributed by atoms with E-state index in [1.54, 1.807) is 0 Å². The van der Waals surface area contributed by atoms with Crippen molar-refractivity contribution in [2.75, 3.05) is 26.2 Å². The first-order valence-corrected chi connectivity index (χ1v) is 7.35. The van der Waals surface area contributed by atoms with Crippen LogP contribution in [0.5, 0.6) is 5.88 Å². The zero-order valence-electron chi connectivity index (χ0n) is 13.1. The van der Waals surface area contributed by atoms with Crippen LogP contribution in [0, 0.1) is 10.1 Å². The zero-order valence-corrected chi connectivity index (χ0v) is 13.1. The molecular formula is C14H20N4O5. The molecule has 9 heteroatoms. The fourth-order valence-corrected chi connectivity index (χ4v) is 2.78. The highest BCUT2D eigenvalue weighted by molar-refractivity contribution is 5.65. The Hall–Kier alpha value is -2.42. The second-order valence-corrected chi connectivity index (χ2v) is 5.58. The number of nitro groups is 1. The molecule has 0 radical (unpaired) electrons. The van der Waals surface area contributed by atoms with Crippen LogP contribution < -0.4 is 4.74 Å². The Morgan fingerprint density at radius 3 is 2.57 bits per heavy atom. The van der Waals surface area contributed by atoms with Gasteiger partial charge in [0.1, 0.15) is 12.8 Å². The first-order chi connectivity index (χ1) is 10.9. The van der Waals surface area contributed by atoms with Crippen molar-refractivity contribution in [2.45, 2.75) is 25.9 Å². The number of rotatable bonds is 5. The van der Waals surface area contributed by atoms with Crippen LogP contribution in [0.3, 0.4) is 0 Å². The molecule has 2 rings (SSSR count). The lowest BCUT2D eigenvalue weighted by Gasteiger charge is -2.43. The van der Waals surface area contributed by atoms with Gasteiger partial charge in [0.25, 0.3) is 5.69 Å². The first-order valence-electron chi connectivity index (χ1n) is 7.35. The molecule has 1 N–H and O–H groups in total. The quantitative estimate of drug-likeness (QED) is 0.644. The molecule has 1 aromatic rings. The minimum Gasteiger partial charge on any atom is -0.476 e. The number of carbonyl (C=O) groups is 1. The maximum Gasteiger partial charge on any atom is 0.407 e.